The minimum atomic E-state index is 1.02. The van der Waals surface area contributed by atoms with E-state index in [4.69, 9.17) is 0 Å². The fourth-order valence-electron chi connectivity index (χ4n) is 2.78. The minimum Gasteiger partial charge on any atom is -0.373 e. The predicted molar refractivity (Wildman–Crippen MR) is 84.2 cm³/mol. The average molecular weight is 255 g/mol. The van der Waals surface area contributed by atoms with E-state index in [-0.39, 0.29) is 0 Å². The summed E-state index contributed by atoms with van der Waals surface area (Å²) in [5, 5.41) is 0. The van der Waals surface area contributed by atoms with Gasteiger partial charge in [-0.05, 0) is 62.3 Å². The molecule has 1 aliphatic carbocycles. The first-order chi connectivity index (χ1) is 9.24. The van der Waals surface area contributed by atoms with E-state index in [2.05, 4.69) is 55.7 Å². The van der Waals surface area contributed by atoms with Crippen LogP contribution in [0.25, 0.3) is 6.08 Å². The van der Waals surface area contributed by atoms with Crippen molar-refractivity contribution in [3.8, 4) is 0 Å². The molecule has 1 aromatic rings. The molecule has 1 heteroatoms. The van der Waals surface area contributed by atoms with Crippen molar-refractivity contribution < 1.29 is 0 Å². The van der Waals surface area contributed by atoms with Crippen LogP contribution in [0.5, 0.6) is 0 Å². The molecule has 1 nitrogen and oxygen atoms in total. The quantitative estimate of drug-likeness (QED) is 0.703. The molecule has 0 heterocycles. The Bertz CT molecular complexity index is 467. The molecule has 0 fully saturated rings. The van der Waals surface area contributed by atoms with E-state index in [1.165, 1.54) is 31.2 Å². The molecule has 0 N–H and O–H groups in total. The minimum absolute atomic E-state index is 1.02. The Kier molecular flexibility index (Phi) is 4.84. The van der Waals surface area contributed by atoms with E-state index in [0.717, 1.165) is 18.8 Å². The second kappa shape index (κ2) is 6.60. The number of fused-ring (bicyclic) bond motifs is 1. The Balaban J connectivity index is 2.08. The van der Waals surface area contributed by atoms with Gasteiger partial charge in [-0.15, -0.1) is 0 Å². The zero-order chi connectivity index (χ0) is 13.7. The molecule has 0 amide bonds. The first-order valence-corrected chi connectivity index (χ1v) is 7.48. The maximum absolute atomic E-state index is 4.14. The van der Waals surface area contributed by atoms with Crippen molar-refractivity contribution >= 4 is 6.08 Å². The highest BCUT2D eigenvalue weighted by atomic mass is 15.1. The summed E-state index contributed by atoms with van der Waals surface area (Å²) in [7, 11) is 0. The molecule has 102 valence electrons. The van der Waals surface area contributed by atoms with E-state index < -0.39 is 0 Å². The van der Waals surface area contributed by atoms with Gasteiger partial charge < -0.3 is 4.90 Å². The van der Waals surface area contributed by atoms with Gasteiger partial charge in [0.2, 0.25) is 0 Å². The summed E-state index contributed by atoms with van der Waals surface area (Å²) in [6.07, 6.45) is 9.51. The molecule has 0 aromatic heterocycles. The summed E-state index contributed by atoms with van der Waals surface area (Å²) >= 11 is 0. The van der Waals surface area contributed by atoms with E-state index in [0.29, 0.717) is 0 Å². The van der Waals surface area contributed by atoms with Gasteiger partial charge in [-0.1, -0.05) is 30.9 Å². The highest BCUT2D eigenvalue weighted by molar-refractivity contribution is 5.54. The van der Waals surface area contributed by atoms with Crippen LogP contribution >= 0.6 is 0 Å². The maximum Gasteiger partial charge on any atom is 0.0293 e. The highest BCUT2D eigenvalue weighted by Gasteiger charge is 2.08. The molecule has 0 spiro atoms. The fourth-order valence-corrected chi connectivity index (χ4v) is 2.78. The van der Waals surface area contributed by atoms with E-state index in [9.17, 15) is 0 Å². The van der Waals surface area contributed by atoms with Gasteiger partial charge in [-0.2, -0.15) is 0 Å². The van der Waals surface area contributed by atoms with Crippen LogP contribution in [0, 0.1) is 0 Å². The lowest BCUT2D eigenvalue weighted by molar-refractivity contribution is 0.396. The number of rotatable bonds is 5. The molecule has 0 unspecified atom stereocenters. The number of hydrogen-bond acceptors (Lipinski definition) is 1. The molecule has 0 atom stereocenters. The normalized spacial score (nSPS) is 14.4. The third-order valence-corrected chi connectivity index (χ3v) is 4.01. The predicted octanol–water partition coefficient (Wildman–Crippen LogP) is 4.43. The lowest BCUT2D eigenvalue weighted by Crippen LogP contribution is -2.20. The molecule has 0 bridgehead atoms. The van der Waals surface area contributed by atoms with Crippen LogP contribution in [0.15, 0.2) is 36.6 Å². The molecular formula is C18H25N. The Morgan fingerprint density at radius 2 is 1.84 bits per heavy atom. The number of nitrogens with zero attached hydrogens (tertiary/aromatic N) is 1. The maximum atomic E-state index is 4.14. The topological polar surface area (TPSA) is 3.24 Å². The van der Waals surface area contributed by atoms with Crippen LogP contribution in [0.4, 0.5) is 0 Å². The molecule has 0 saturated carbocycles. The third kappa shape index (κ3) is 3.50. The van der Waals surface area contributed by atoms with Crippen LogP contribution in [0.3, 0.4) is 0 Å². The molecule has 1 aliphatic rings. The van der Waals surface area contributed by atoms with Crippen molar-refractivity contribution in [3.05, 3.63) is 53.2 Å². The molecule has 2 rings (SSSR count). The number of likely N-dealkylation sites (N-methyl/N-ethyl adjacent to an activating group) is 1. The standard InChI is InChI=1S/C18H25N/c1-4-19(5-2)15(3)10-11-16-12-13-17-8-6-7-9-18(17)14-16/h10-14H,3-9H2,1-2H3/b11-10+. The summed E-state index contributed by atoms with van der Waals surface area (Å²) in [5.74, 6) is 0. The fraction of sp³-hybridized carbons (Fsp3) is 0.444. The number of hydrogen-bond donors (Lipinski definition) is 0. The molecule has 0 radical (unpaired) electrons. The lowest BCUT2D eigenvalue weighted by Gasteiger charge is -2.21. The summed E-state index contributed by atoms with van der Waals surface area (Å²) in [6.45, 7) is 10.5. The van der Waals surface area contributed by atoms with Gasteiger partial charge in [0.1, 0.15) is 0 Å². The third-order valence-electron chi connectivity index (χ3n) is 4.01. The second-order valence-electron chi connectivity index (χ2n) is 5.23. The van der Waals surface area contributed by atoms with Crippen LogP contribution in [-0.4, -0.2) is 18.0 Å². The molecule has 0 aliphatic heterocycles. The van der Waals surface area contributed by atoms with Gasteiger partial charge in [0.05, 0.1) is 0 Å². The summed E-state index contributed by atoms with van der Waals surface area (Å²) in [6, 6.07) is 6.88. The van der Waals surface area contributed by atoms with Crippen molar-refractivity contribution in [2.45, 2.75) is 39.5 Å². The SMILES string of the molecule is C=C(/C=C/c1ccc2c(c1)CCCC2)N(CC)CC. The largest absolute Gasteiger partial charge is 0.373 e. The van der Waals surface area contributed by atoms with Crippen LogP contribution < -0.4 is 0 Å². The molecule has 0 saturated heterocycles. The van der Waals surface area contributed by atoms with Crippen molar-refractivity contribution in [2.75, 3.05) is 13.1 Å². The zero-order valence-electron chi connectivity index (χ0n) is 12.3. The van der Waals surface area contributed by atoms with Gasteiger partial charge in [0.15, 0.2) is 0 Å². The van der Waals surface area contributed by atoms with Crippen molar-refractivity contribution in [1.82, 2.24) is 4.90 Å². The average Bonchev–Trinajstić information content (AvgIpc) is 2.46. The summed E-state index contributed by atoms with van der Waals surface area (Å²) in [4.78, 5) is 2.27. The monoisotopic (exact) mass is 255 g/mol. The number of aryl methyl sites for hydroxylation is 2. The lowest BCUT2D eigenvalue weighted by atomic mass is 9.90. The highest BCUT2D eigenvalue weighted by Crippen LogP contribution is 2.23. The first-order valence-electron chi connectivity index (χ1n) is 7.48. The van der Waals surface area contributed by atoms with Crippen molar-refractivity contribution in [1.29, 1.82) is 0 Å². The molecule has 1 aromatic carbocycles. The Morgan fingerprint density at radius 3 is 2.53 bits per heavy atom. The number of benzene rings is 1. The van der Waals surface area contributed by atoms with E-state index >= 15 is 0 Å². The Morgan fingerprint density at radius 1 is 1.16 bits per heavy atom. The molecule has 19 heavy (non-hydrogen) atoms. The summed E-state index contributed by atoms with van der Waals surface area (Å²) < 4.78 is 0. The number of allylic oxidation sites excluding steroid dienone is 1. The van der Waals surface area contributed by atoms with Gasteiger partial charge in [0, 0.05) is 18.8 Å². The van der Waals surface area contributed by atoms with Crippen LogP contribution in [-0.2, 0) is 12.8 Å². The van der Waals surface area contributed by atoms with E-state index in [1.54, 1.807) is 11.1 Å². The van der Waals surface area contributed by atoms with Crippen LogP contribution in [0.2, 0.25) is 0 Å². The van der Waals surface area contributed by atoms with Gasteiger partial charge in [-0.3, -0.25) is 0 Å². The molecular weight excluding hydrogens is 230 g/mol. The zero-order valence-corrected chi connectivity index (χ0v) is 12.3. The van der Waals surface area contributed by atoms with E-state index in [1.807, 2.05) is 0 Å². The summed E-state index contributed by atoms with van der Waals surface area (Å²) in [5.41, 5.74) is 5.49. The second-order valence-corrected chi connectivity index (χ2v) is 5.23. The Hall–Kier alpha value is -1.50. The van der Waals surface area contributed by atoms with Crippen molar-refractivity contribution in [3.63, 3.8) is 0 Å². The smallest absolute Gasteiger partial charge is 0.0293 e. The van der Waals surface area contributed by atoms with Crippen molar-refractivity contribution in [2.24, 2.45) is 0 Å². The van der Waals surface area contributed by atoms with Gasteiger partial charge >= 0.3 is 0 Å². The Labute approximate surface area is 117 Å². The first kappa shape index (κ1) is 13.9. The van der Waals surface area contributed by atoms with Gasteiger partial charge in [0.25, 0.3) is 0 Å². The van der Waals surface area contributed by atoms with Crippen LogP contribution in [0.1, 0.15) is 43.4 Å². The van der Waals surface area contributed by atoms with Gasteiger partial charge in [-0.25, -0.2) is 0 Å².